The van der Waals surface area contributed by atoms with E-state index in [9.17, 15) is 9.59 Å². The number of hydrogen-bond donors (Lipinski definition) is 1. The molecule has 1 spiro atoms. The predicted octanol–water partition coefficient (Wildman–Crippen LogP) is 1.01. The molecule has 0 radical (unpaired) electrons. The van der Waals surface area contributed by atoms with E-state index < -0.39 is 13.6 Å². The molecule has 0 aliphatic carbocycles. The Hall–Kier alpha value is -0.923. The fraction of sp³-hybridized carbons (Fsp3) is 0.833. The summed E-state index contributed by atoms with van der Waals surface area (Å²) in [7, 11) is -1.15. The van der Waals surface area contributed by atoms with Gasteiger partial charge in [-0.2, -0.15) is 0 Å². The molecule has 2 heterocycles. The van der Waals surface area contributed by atoms with Gasteiger partial charge in [-0.1, -0.05) is 19.6 Å². The number of imide groups is 1. The Morgan fingerprint density at radius 3 is 2.74 bits per heavy atom. The molecule has 0 aromatic rings. The van der Waals surface area contributed by atoms with Crippen molar-refractivity contribution in [2.24, 2.45) is 0 Å². The predicted molar refractivity (Wildman–Crippen MR) is 72.5 cm³/mol. The van der Waals surface area contributed by atoms with Crippen LogP contribution in [-0.2, 0) is 14.3 Å². The highest BCUT2D eigenvalue weighted by Gasteiger charge is 2.53. The minimum atomic E-state index is -1.15. The second-order valence-corrected chi connectivity index (χ2v) is 12.0. The average molecular weight is 286 g/mol. The second kappa shape index (κ2) is 5.22. The molecule has 1 unspecified atom stereocenters. The van der Waals surface area contributed by atoms with Crippen LogP contribution in [-0.4, -0.2) is 57.0 Å². The molecule has 2 aliphatic rings. The first-order valence-corrected chi connectivity index (χ1v) is 10.3. The first-order chi connectivity index (χ1) is 8.84. The lowest BCUT2D eigenvalue weighted by Gasteiger charge is -2.19. The van der Waals surface area contributed by atoms with E-state index in [4.69, 9.17) is 9.47 Å². The van der Waals surface area contributed by atoms with Crippen LogP contribution in [0.5, 0.6) is 0 Å². The number of carbonyl (C=O) groups is 2. The summed E-state index contributed by atoms with van der Waals surface area (Å²) in [5.41, 5.74) is -0.834. The number of hydrogen-bond acceptors (Lipinski definition) is 4. The summed E-state index contributed by atoms with van der Waals surface area (Å²) in [6.07, 6.45) is 0.545. The Labute approximate surface area is 114 Å². The minimum absolute atomic E-state index is 0.0386. The lowest BCUT2D eigenvalue weighted by atomic mass is 9.99. The van der Waals surface area contributed by atoms with Gasteiger partial charge < -0.3 is 14.8 Å². The Bertz CT molecular complexity index is 374. The third-order valence-corrected chi connectivity index (χ3v) is 5.19. The van der Waals surface area contributed by atoms with Crippen molar-refractivity contribution in [3.63, 3.8) is 0 Å². The highest BCUT2D eigenvalue weighted by atomic mass is 28.3. The summed E-state index contributed by atoms with van der Waals surface area (Å²) in [6.45, 7) is 8.19. The number of ether oxygens (including phenoxy) is 2. The van der Waals surface area contributed by atoms with E-state index in [0.29, 0.717) is 19.6 Å². The summed E-state index contributed by atoms with van der Waals surface area (Å²) in [5, 5.41) is 2.73. The summed E-state index contributed by atoms with van der Waals surface area (Å²) >= 11 is 0. The van der Waals surface area contributed by atoms with Crippen molar-refractivity contribution >= 4 is 20.0 Å². The van der Waals surface area contributed by atoms with Crippen molar-refractivity contribution < 1.29 is 19.1 Å². The SMILES string of the molecule is C[Si](C)(C)CCOCN1C(=O)NC2(CCOC2)C1=O. The molecule has 2 fully saturated rings. The zero-order chi connectivity index (χ0) is 14.1. The lowest BCUT2D eigenvalue weighted by molar-refractivity contribution is -0.134. The maximum atomic E-state index is 12.2. The summed E-state index contributed by atoms with van der Waals surface area (Å²) in [4.78, 5) is 25.2. The fourth-order valence-corrected chi connectivity index (χ4v) is 2.92. The van der Waals surface area contributed by atoms with Gasteiger partial charge in [0.15, 0.2) is 0 Å². The van der Waals surface area contributed by atoms with Crippen LogP contribution in [0.3, 0.4) is 0 Å². The first-order valence-electron chi connectivity index (χ1n) is 6.64. The van der Waals surface area contributed by atoms with Crippen LogP contribution in [0.2, 0.25) is 25.7 Å². The third-order valence-electron chi connectivity index (χ3n) is 3.48. The largest absolute Gasteiger partial charge is 0.378 e. The highest BCUT2D eigenvalue weighted by molar-refractivity contribution is 6.76. The molecule has 19 heavy (non-hydrogen) atoms. The molecule has 0 saturated carbocycles. The van der Waals surface area contributed by atoms with Crippen LogP contribution in [0.15, 0.2) is 0 Å². The Morgan fingerprint density at radius 2 is 2.16 bits per heavy atom. The van der Waals surface area contributed by atoms with Crippen LogP contribution in [0.1, 0.15) is 6.42 Å². The molecule has 0 aromatic heterocycles. The van der Waals surface area contributed by atoms with Gasteiger partial charge in [-0.15, -0.1) is 0 Å². The van der Waals surface area contributed by atoms with Crippen molar-refractivity contribution in [2.45, 2.75) is 37.6 Å². The van der Waals surface area contributed by atoms with E-state index in [1.165, 1.54) is 0 Å². The quantitative estimate of drug-likeness (QED) is 0.465. The molecule has 1 N–H and O–H groups in total. The van der Waals surface area contributed by atoms with Crippen molar-refractivity contribution in [3.05, 3.63) is 0 Å². The van der Waals surface area contributed by atoms with Crippen molar-refractivity contribution in [2.75, 3.05) is 26.6 Å². The van der Waals surface area contributed by atoms with E-state index in [0.717, 1.165) is 10.9 Å². The van der Waals surface area contributed by atoms with Crippen molar-refractivity contribution in [3.8, 4) is 0 Å². The summed E-state index contributed by atoms with van der Waals surface area (Å²) in [6, 6.07) is 0.647. The molecule has 2 saturated heterocycles. The average Bonchev–Trinajstić information content (AvgIpc) is 2.84. The Balaban J connectivity index is 1.84. The molecule has 2 aliphatic heterocycles. The van der Waals surface area contributed by atoms with Crippen LogP contribution in [0.4, 0.5) is 4.79 Å². The Morgan fingerprint density at radius 1 is 1.42 bits per heavy atom. The maximum absolute atomic E-state index is 12.2. The van der Waals surface area contributed by atoms with E-state index in [2.05, 4.69) is 25.0 Å². The van der Waals surface area contributed by atoms with Crippen LogP contribution < -0.4 is 5.32 Å². The van der Waals surface area contributed by atoms with E-state index >= 15 is 0 Å². The molecule has 2 rings (SSSR count). The molecule has 7 heteroatoms. The van der Waals surface area contributed by atoms with Gasteiger partial charge in [0, 0.05) is 27.7 Å². The van der Waals surface area contributed by atoms with E-state index in [1.807, 2.05) is 0 Å². The van der Waals surface area contributed by atoms with Crippen molar-refractivity contribution in [1.29, 1.82) is 0 Å². The third kappa shape index (κ3) is 3.15. The normalized spacial score (nSPS) is 27.4. The molecule has 6 nitrogen and oxygen atoms in total. The zero-order valence-electron chi connectivity index (χ0n) is 11.8. The van der Waals surface area contributed by atoms with Gasteiger partial charge in [0.05, 0.1) is 6.61 Å². The summed E-state index contributed by atoms with van der Waals surface area (Å²) < 4.78 is 10.7. The van der Waals surface area contributed by atoms with Gasteiger partial charge in [-0.25, -0.2) is 9.69 Å². The van der Waals surface area contributed by atoms with Crippen LogP contribution >= 0.6 is 0 Å². The number of carbonyl (C=O) groups excluding carboxylic acids is 2. The molecule has 0 aromatic carbocycles. The number of nitrogens with zero attached hydrogens (tertiary/aromatic N) is 1. The van der Waals surface area contributed by atoms with Crippen LogP contribution in [0.25, 0.3) is 0 Å². The molecular weight excluding hydrogens is 264 g/mol. The Kier molecular flexibility index (Phi) is 3.98. The zero-order valence-corrected chi connectivity index (χ0v) is 12.8. The number of amides is 3. The highest BCUT2D eigenvalue weighted by Crippen LogP contribution is 2.26. The first kappa shape index (κ1) is 14.5. The number of rotatable bonds is 5. The van der Waals surface area contributed by atoms with E-state index in [1.54, 1.807) is 0 Å². The molecule has 0 bridgehead atoms. The monoisotopic (exact) mass is 286 g/mol. The van der Waals surface area contributed by atoms with Gasteiger partial charge in [0.1, 0.15) is 12.3 Å². The molecule has 1 atom stereocenters. The van der Waals surface area contributed by atoms with Gasteiger partial charge >= 0.3 is 6.03 Å². The van der Waals surface area contributed by atoms with E-state index in [-0.39, 0.29) is 25.3 Å². The second-order valence-electron chi connectivity index (χ2n) is 6.40. The summed E-state index contributed by atoms with van der Waals surface area (Å²) in [5.74, 6) is -0.219. The van der Waals surface area contributed by atoms with Gasteiger partial charge in [0.25, 0.3) is 5.91 Å². The topological polar surface area (TPSA) is 67.9 Å². The van der Waals surface area contributed by atoms with Gasteiger partial charge in [-0.3, -0.25) is 4.79 Å². The van der Waals surface area contributed by atoms with Crippen molar-refractivity contribution in [1.82, 2.24) is 10.2 Å². The minimum Gasteiger partial charge on any atom is -0.378 e. The lowest BCUT2D eigenvalue weighted by Crippen LogP contribution is -2.47. The number of urea groups is 1. The molecular formula is C12H22N2O4Si. The maximum Gasteiger partial charge on any atom is 0.327 e. The van der Waals surface area contributed by atoms with Crippen LogP contribution in [0, 0.1) is 0 Å². The number of nitrogens with one attached hydrogen (secondary N) is 1. The molecule has 108 valence electrons. The fourth-order valence-electron chi connectivity index (χ4n) is 2.16. The molecule has 3 amide bonds. The van der Waals surface area contributed by atoms with Gasteiger partial charge in [-0.05, 0) is 6.04 Å². The standard InChI is InChI=1S/C12H22N2O4Si/c1-19(2,3)7-6-18-9-14-10(15)12(13-11(14)16)4-5-17-8-12/h4-9H2,1-3H3,(H,13,16). The smallest absolute Gasteiger partial charge is 0.327 e. The van der Waals surface area contributed by atoms with Gasteiger partial charge in [0.2, 0.25) is 0 Å².